The zero-order chi connectivity index (χ0) is 17.9. The zero-order valence-corrected chi connectivity index (χ0v) is 15.8. The lowest BCUT2D eigenvalue weighted by Gasteiger charge is -2.32. The van der Waals surface area contributed by atoms with Gasteiger partial charge < -0.3 is 15.0 Å². The van der Waals surface area contributed by atoms with Crippen molar-refractivity contribution in [1.82, 2.24) is 15.3 Å². The molecule has 0 radical (unpaired) electrons. The second-order valence-electron chi connectivity index (χ2n) is 7.39. The third kappa shape index (κ3) is 3.54. The van der Waals surface area contributed by atoms with Crippen LogP contribution in [0.4, 0.5) is 5.82 Å². The fraction of sp³-hybridized carbons (Fsp3) is 0.524. The number of aryl methyl sites for hydroxylation is 1. The van der Waals surface area contributed by atoms with Crippen LogP contribution in [0.3, 0.4) is 0 Å². The smallest absolute Gasteiger partial charge is 0.136 e. The fourth-order valence-electron chi connectivity index (χ4n) is 4.07. The molecule has 1 atom stereocenters. The van der Waals surface area contributed by atoms with Gasteiger partial charge in [-0.3, -0.25) is 0 Å². The average Bonchev–Trinajstić information content (AvgIpc) is 2.70. The number of piperidine rings is 1. The van der Waals surface area contributed by atoms with Crippen LogP contribution >= 0.6 is 0 Å². The van der Waals surface area contributed by atoms with Crippen molar-refractivity contribution in [2.24, 2.45) is 0 Å². The van der Waals surface area contributed by atoms with E-state index >= 15 is 0 Å². The SMILES string of the molecule is COc1ccc(CN2CCCc3c(C)nc([C@H]4CCCNC4)nc32)cc1. The number of ether oxygens (including phenoxy) is 1. The Labute approximate surface area is 155 Å². The monoisotopic (exact) mass is 352 g/mol. The van der Waals surface area contributed by atoms with E-state index in [1.165, 1.54) is 24.0 Å². The van der Waals surface area contributed by atoms with Gasteiger partial charge >= 0.3 is 0 Å². The standard InChI is InChI=1S/C21H28N4O/c1-15-19-6-4-12-25(14-16-7-9-18(26-2)10-8-16)21(19)24-20(23-15)17-5-3-11-22-13-17/h7-10,17,22H,3-6,11-14H2,1-2H3/t17-/m0/s1. The van der Waals surface area contributed by atoms with Gasteiger partial charge in [0, 0.05) is 36.8 Å². The molecule has 0 unspecified atom stereocenters. The van der Waals surface area contributed by atoms with E-state index in [4.69, 9.17) is 14.7 Å². The Morgan fingerprint density at radius 3 is 2.77 bits per heavy atom. The minimum absolute atomic E-state index is 0.442. The molecule has 2 aliphatic heterocycles. The first-order valence-corrected chi connectivity index (χ1v) is 9.70. The number of anilines is 1. The summed E-state index contributed by atoms with van der Waals surface area (Å²) in [6.07, 6.45) is 4.64. The number of aromatic nitrogens is 2. The molecular weight excluding hydrogens is 324 g/mol. The van der Waals surface area contributed by atoms with Crippen LogP contribution in [0.25, 0.3) is 0 Å². The van der Waals surface area contributed by atoms with Gasteiger partial charge in [-0.25, -0.2) is 9.97 Å². The van der Waals surface area contributed by atoms with Gasteiger partial charge in [0.15, 0.2) is 0 Å². The second kappa shape index (κ2) is 7.62. The van der Waals surface area contributed by atoms with Crippen molar-refractivity contribution in [3.63, 3.8) is 0 Å². The Morgan fingerprint density at radius 2 is 2.04 bits per heavy atom. The van der Waals surface area contributed by atoms with Crippen molar-refractivity contribution in [3.8, 4) is 5.75 Å². The van der Waals surface area contributed by atoms with Crippen LogP contribution in [0.5, 0.6) is 5.75 Å². The van der Waals surface area contributed by atoms with Gasteiger partial charge in [-0.2, -0.15) is 0 Å². The molecule has 1 saturated heterocycles. The van der Waals surface area contributed by atoms with Crippen molar-refractivity contribution in [1.29, 1.82) is 0 Å². The topological polar surface area (TPSA) is 50.3 Å². The maximum absolute atomic E-state index is 5.27. The molecular formula is C21H28N4O. The van der Waals surface area contributed by atoms with Crippen LogP contribution < -0.4 is 15.0 Å². The largest absolute Gasteiger partial charge is 0.497 e. The molecule has 0 saturated carbocycles. The van der Waals surface area contributed by atoms with E-state index in [-0.39, 0.29) is 0 Å². The van der Waals surface area contributed by atoms with E-state index in [1.54, 1.807) is 7.11 Å². The molecule has 1 N–H and O–H groups in total. The van der Waals surface area contributed by atoms with Gasteiger partial charge in [-0.05, 0) is 56.8 Å². The van der Waals surface area contributed by atoms with Gasteiger partial charge in [-0.1, -0.05) is 12.1 Å². The lowest BCUT2D eigenvalue weighted by atomic mass is 9.97. The van der Waals surface area contributed by atoms with Crippen molar-refractivity contribution in [3.05, 3.63) is 46.9 Å². The van der Waals surface area contributed by atoms with Crippen LogP contribution in [0.1, 0.15) is 47.8 Å². The van der Waals surface area contributed by atoms with E-state index in [0.29, 0.717) is 5.92 Å². The second-order valence-corrected chi connectivity index (χ2v) is 7.39. The van der Waals surface area contributed by atoms with Gasteiger partial charge in [0.25, 0.3) is 0 Å². The molecule has 1 aromatic heterocycles. The molecule has 5 heteroatoms. The highest BCUT2D eigenvalue weighted by molar-refractivity contribution is 5.52. The van der Waals surface area contributed by atoms with Gasteiger partial charge in [-0.15, -0.1) is 0 Å². The summed E-state index contributed by atoms with van der Waals surface area (Å²) in [5.41, 5.74) is 3.78. The molecule has 2 aliphatic rings. The van der Waals surface area contributed by atoms with Crippen molar-refractivity contribution < 1.29 is 4.74 Å². The highest BCUT2D eigenvalue weighted by Crippen LogP contribution is 2.31. The van der Waals surface area contributed by atoms with E-state index < -0.39 is 0 Å². The maximum atomic E-state index is 5.27. The fourth-order valence-corrected chi connectivity index (χ4v) is 4.07. The predicted molar refractivity (Wildman–Crippen MR) is 104 cm³/mol. The van der Waals surface area contributed by atoms with Crippen LogP contribution in [0, 0.1) is 6.92 Å². The molecule has 5 nitrogen and oxygen atoms in total. The molecule has 138 valence electrons. The first-order chi connectivity index (χ1) is 12.7. The van der Waals surface area contributed by atoms with Gasteiger partial charge in [0.05, 0.1) is 7.11 Å². The Hall–Kier alpha value is -2.14. The summed E-state index contributed by atoms with van der Waals surface area (Å²) in [6.45, 7) is 6.20. The molecule has 0 aliphatic carbocycles. The molecule has 0 spiro atoms. The Kier molecular flexibility index (Phi) is 5.07. The van der Waals surface area contributed by atoms with E-state index in [1.807, 2.05) is 12.1 Å². The zero-order valence-electron chi connectivity index (χ0n) is 15.8. The van der Waals surface area contributed by atoms with Gasteiger partial charge in [0.1, 0.15) is 17.4 Å². The van der Waals surface area contributed by atoms with E-state index in [9.17, 15) is 0 Å². The minimum atomic E-state index is 0.442. The maximum Gasteiger partial charge on any atom is 0.136 e. The number of rotatable bonds is 4. The summed E-state index contributed by atoms with van der Waals surface area (Å²) < 4.78 is 5.27. The quantitative estimate of drug-likeness (QED) is 0.916. The Morgan fingerprint density at radius 1 is 1.19 bits per heavy atom. The van der Waals surface area contributed by atoms with E-state index in [2.05, 4.69) is 29.3 Å². The number of benzene rings is 1. The van der Waals surface area contributed by atoms with Crippen molar-refractivity contribution in [2.75, 3.05) is 31.6 Å². The lowest BCUT2D eigenvalue weighted by molar-refractivity contribution is 0.414. The highest BCUT2D eigenvalue weighted by Gasteiger charge is 2.25. The first-order valence-electron chi connectivity index (χ1n) is 9.70. The minimum Gasteiger partial charge on any atom is -0.497 e. The lowest BCUT2D eigenvalue weighted by Crippen LogP contribution is -2.33. The van der Waals surface area contributed by atoms with E-state index in [0.717, 1.165) is 62.1 Å². The highest BCUT2D eigenvalue weighted by atomic mass is 16.5. The molecule has 0 bridgehead atoms. The Bertz CT molecular complexity index is 753. The van der Waals surface area contributed by atoms with Crippen molar-refractivity contribution >= 4 is 5.82 Å². The number of hydrogen-bond donors (Lipinski definition) is 1. The molecule has 26 heavy (non-hydrogen) atoms. The summed E-state index contributed by atoms with van der Waals surface area (Å²) in [7, 11) is 1.71. The molecule has 3 heterocycles. The molecule has 0 amide bonds. The summed E-state index contributed by atoms with van der Waals surface area (Å²) >= 11 is 0. The van der Waals surface area contributed by atoms with Crippen molar-refractivity contribution in [2.45, 2.75) is 45.1 Å². The molecule has 2 aromatic rings. The number of nitrogens with one attached hydrogen (secondary N) is 1. The third-order valence-electron chi connectivity index (χ3n) is 5.56. The number of methoxy groups -OCH3 is 1. The summed E-state index contributed by atoms with van der Waals surface area (Å²) in [4.78, 5) is 12.4. The predicted octanol–water partition coefficient (Wildman–Crippen LogP) is 3.21. The van der Waals surface area contributed by atoms with Crippen LogP contribution in [-0.4, -0.2) is 36.7 Å². The number of fused-ring (bicyclic) bond motifs is 1. The summed E-state index contributed by atoms with van der Waals surface area (Å²) in [6, 6.07) is 8.36. The third-order valence-corrected chi connectivity index (χ3v) is 5.56. The van der Waals surface area contributed by atoms with Gasteiger partial charge in [0.2, 0.25) is 0 Å². The molecule has 1 fully saturated rings. The Balaban J connectivity index is 1.61. The van der Waals surface area contributed by atoms with Crippen LogP contribution in [0.2, 0.25) is 0 Å². The number of hydrogen-bond acceptors (Lipinski definition) is 5. The summed E-state index contributed by atoms with van der Waals surface area (Å²) in [5.74, 6) is 3.52. The van der Waals surface area contributed by atoms with Crippen LogP contribution in [0.15, 0.2) is 24.3 Å². The first kappa shape index (κ1) is 17.3. The molecule has 4 rings (SSSR count). The summed E-state index contributed by atoms with van der Waals surface area (Å²) in [5, 5.41) is 3.49. The van der Waals surface area contributed by atoms with Crippen LogP contribution in [-0.2, 0) is 13.0 Å². The average molecular weight is 352 g/mol. The number of nitrogens with zero attached hydrogens (tertiary/aromatic N) is 3. The normalized spacial score (nSPS) is 19.9. The molecule has 1 aromatic carbocycles.